The van der Waals surface area contributed by atoms with E-state index in [1.807, 2.05) is 34.9 Å². The fourth-order valence-corrected chi connectivity index (χ4v) is 3.43. The van der Waals surface area contributed by atoms with Gasteiger partial charge < -0.3 is 15.4 Å². The van der Waals surface area contributed by atoms with Crippen LogP contribution < -0.4 is 5.73 Å². The number of nitrogens with two attached hydrogens (primary N) is 1. The largest absolute Gasteiger partial charge is 0.379 e. The molecule has 0 radical (unpaired) electrons. The zero-order valence-electron chi connectivity index (χ0n) is 11.9. The summed E-state index contributed by atoms with van der Waals surface area (Å²) in [7, 11) is 0. The van der Waals surface area contributed by atoms with Gasteiger partial charge in [-0.15, -0.1) is 0 Å². The third-order valence-electron chi connectivity index (χ3n) is 4.46. The third kappa shape index (κ3) is 1.63. The number of hydrogen-bond acceptors (Lipinski definition) is 3. The van der Waals surface area contributed by atoms with Gasteiger partial charge in [0.1, 0.15) is 5.60 Å². The molecule has 0 bridgehead atoms. The van der Waals surface area contributed by atoms with E-state index in [1.165, 1.54) is 0 Å². The van der Waals surface area contributed by atoms with Crippen molar-refractivity contribution >= 4 is 16.7 Å². The molecular weight excluding hydrogens is 278 g/mol. The molecule has 5 nitrogen and oxygen atoms in total. The average molecular weight is 293 g/mol. The molecule has 2 aromatic carbocycles. The SMILES string of the molecule is NC(=O)c1ccc2ccccc2c1C1(O)CCn2cncc21. The summed E-state index contributed by atoms with van der Waals surface area (Å²) in [6.45, 7) is 0.660. The lowest BCUT2D eigenvalue weighted by Crippen LogP contribution is -2.29. The summed E-state index contributed by atoms with van der Waals surface area (Å²) >= 11 is 0. The highest BCUT2D eigenvalue weighted by molar-refractivity contribution is 6.01. The number of rotatable bonds is 2. The number of aliphatic hydroxyl groups is 1. The molecule has 1 aromatic heterocycles. The highest BCUT2D eigenvalue weighted by Gasteiger charge is 2.42. The molecule has 4 rings (SSSR count). The van der Waals surface area contributed by atoms with E-state index in [0.717, 1.165) is 10.8 Å². The molecule has 0 aliphatic carbocycles. The minimum Gasteiger partial charge on any atom is -0.379 e. The molecule has 22 heavy (non-hydrogen) atoms. The van der Waals surface area contributed by atoms with Crippen molar-refractivity contribution in [2.75, 3.05) is 0 Å². The number of aromatic nitrogens is 2. The molecule has 2 heterocycles. The Morgan fingerprint density at radius 2 is 2.09 bits per heavy atom. The molecule has 3 aromatic rings. The lowest BCUT2D eigenvalue weighted by molar-refractivity contribution is 0.0805. The first kappa shape index (κ1) is 13.0. The summed E-state index contributed by atoms with van der Waals surface area (Å²) in [4.78, 5) is 16.0. The Hall–Kier alpha value is -2.66. The van der Waals surface area contributed by atoms with Crippen LogP contribution in [0.1, 0.15) is 28.0 Å². The van der Waals surface area contributed by atoms with E-state index in [4.69, 9.17) is 5.73 Å². The molecule has 1 unspecified atom stereocenters. The van der Waals surface area contributed by atoms with Crippen LogP contribution in [0.15, 0.2) is 48.9 Å². The lowest BCUT2D eigenvalue weighted by atomic mass is 9.82. The predicted octanol–water partition coefficient (Wildman–Crippen LogP) is 1.77. The molecule has 3 N–H and O–H groups in total. The quantitative estimate of drug-likeness (QED) is 0.755. The number of nitrogens with zero attached hydrogens (tertiary/aromatic N) is 2. The van der Waals surface area contributed by atoms with Gasteiger partial charge in [0.05, 0.1) is 18.2 Å². The third-order valence-corrected chi connectivity index (χ3v) is 4.46. The van der Waals surface area contributed by atoms with Crippen LogP contribution in [0, 0.1) is 0 Å². The first-order chi connectivity index (χ1) is 10.6. The number of benzene rings is 2. The van der Waals surface area contributed by atoms with Gasteiger partial charge in [-0.05, 0) is 16.8 Å². The maximum absolute atomic E-state index is 11.9. The van der Waals surface area contributed by atoms with Crippen molar-refractivity contribution in [3.05, 3.63) is 65.7 Å². The Labute approximate surface area is 127 Å². The maximum atomic E-state index is 11.9. The second-order valence-electron chi connectivity index (χ2n) is 5.66. The van der Waals surface area contributed by atoms with E-state index in [0.29, 0.717) is 29.8 Å². The highest BCUT2D eigenvalue weighted by atomic mass is 16.3. The second-order valence-corrected chi connectivity index (χ2v) is 5.66. The monoisotopic (exact) mass is 293 g/mol. The molecule has 1 amide bonds. The first-order valence-corrected chi connectivity index (χ1v) is 7.16. The van der Waals surface area contributed by atoms with Crippen molar-refractivity contribution < 1.29 is 9.90 Å². The number of carbonyl (C=O) groups is 1. The number of carbonyl (C=O) groups excluding carboxylic acids is 1. The van der Waals surface area contributed by atoms with Gasteiger partial charge in [0.15, 0.2) is 0 Å². The van der Waals surface area contributed by atoms with E-state index in [1.54, 1.807) is 18.6 Å². The van der Waals surface area contributed by atoms with Crippen molar-refractivity contribution in [2.24, 2.45) is 5.73 Å². The molecule has 0 fully saturated rings. The number of imidazole rings is 1. The van der Waals surface area contributed by atoms with Crippen LogP contribution in [0.2, 0.25) is 0 Å². The van der Waals surface area contributed by atoms with Gasteiger partial charge in [0.25, 0.3) is 0 Å². The zero-order chi connectivity index (χ0) is 15.3. The van der Waals surface area contributed by atoms with Crippen LogP contribution in [0.25, 0.3) is 10.8 Å². The van der Waals surface area contributed by atoms with Gasteiger partial charge in [-0.25, -0.2) is 4.98 Å². The van der Waals surface area contributed by atoms with Crippen LogP contribution >= 0.6 is 0 Å². The molecule has 5 heteroatoms. The second kappa shape index (κ2) is 4.42. The van der Waals surface area contributed by atoms with E-state index in [9.17, 15) is 9.90 Å². The first-order valence-electron chi connectivity index (χ1n) is 7.16. The van der Waals surface area contributed by atoms with Gasteiger partial charge in [-0.3, -0.25) is 4.79 Å². The molecular formula is C17H15N3O2. The average Bonchev–Trinajstić information content (AvgIpc) is 3.11. The Bertz CT molecular complexity index is 900. The van der Waals surface area contributed by atoms with Crippen LogP contribution in [0.5, 0.6) is 0 Å². The van der Waals surface area contributed by atoms with Gasteiger partial charge in [0, 0.05) is 24.1 Å². The number of amides is 1. The Kier molecular flexibility index (Phi) is 2.62. The van der Waals surface area contributed by atoms with Gasteiger partial charge in [-0.2, -0.15) is 0 Å². The van der Waals surface area contributed by atoms with Gasteiger partial charge >= 0.3 is 0 Å². The normalized spacial score (nSPS) is 20.2. The van der Waals surface area contributed by atoms with Crippen LogP contribution in [0.4, 0.5) is 0 Å². The molecule has 110 valence electrons. The summed E-state index contributed by atoms with van der Waals surface area (Å²) in [6, 6.07) is 11.2. The maximum Gasteiger partial charge on any atom is 0.249 e. The van der Waals surface area contributed by atoms with E-state index >= 15 is 0 Å². The smallest absolute Gasteiger partial charge is 0.249 e. The number of fused-ring (bicyclic) bond motifs is 2. The lowest BCUT2D eigenvalue weighted by Gasteiger charge is -2.26. The Morgan fingerprint density at radius 1 is 1.27 bits per heavy atom. The molecule has 0 saturated carbocycles. The highest BCUT2D eigenvalue weighted by Crippen LogP contribution is 2.42. The van der Waals surface area contributed by atoms with Crippen molar-refractivity contribution in [3.63, 3.8) is 0 Å². The van der Waals surface area contributed by atoms with E-state index < -0.39 is 11.5 Å². The Morgan fingerprint density at radius 3 is 2.91 bits per heavy atom. The number of primary amides is 1. The summed E-state index contributed by atoms with van der Waals surface area (Å²) in [5.74, 6) is -0.535. The molecule has 1 aliphatic rings. The molecule has 0 saturated heterocycles. The van der Waals surface area contributed by atoms with Gasteiger partial charge in [0.2, 0.25) is 5.91 Å². The predicted molar refractivity (Wildman–Crippen MR) is 82.3 cm³/mol. The van der Waals surface area contributed by atoms with Crippen molar-refractivity contribution in [2.45, 2.75) is 18.6 Å². The topological polar surface area (TPSA) is 81.1 Å². The summed E-state index contributed by atoms with van der Waals surface area (Å²) in [5, 5.41) is 13.2. The minimum atomic E-state index is -1.25. The zero-order valence-corrected chi connectivity index (χ0v) is 11.9. The number of hydrogen-bond donors (Lipinski definition) is 2. The van der Waals surface area contributed by atoms with Crippen LogP contribution in [-0.2, 0) is 12.1 Å². The van der Waals surface area contributed by atoms with E-state index in [2.05, 4.69) is 4.98 Å². The standard InChI is InChI=1S/C17H15N3O2/c18-16(21)13-6-5-11-3-1-2-4-12(11)15(13)17(22)7-8-20-10-19-9-14(17)20/h1-6,9-10,22H,7-8H2,(H2,18,21). The summed E-state index contributed by atoms with van der Waals surface area (Å²) in [6.07, 6.45) is 3.85. The number of aryl methyl sites for hydroxylation is 1. The Balaban J connectivity index is 2.10. The van der Waals surface area contributed by atoms with Crippen molar-refractivity contribution in [1.29, 1.82) is 0 Å². The summed E-state index contributed by atoms with van der Waals surface area (Å²) in [5.41, 5.74) is 5.95. The molecule has 1 aliphatic heterocycles. The van der Waals surface area contributed by atoms with E-state index in [-0.39, 0.29) is 0 Å². The fourth-order valence-electron chi connectivity index (χ4n) is 3.43. The van der Waals surface area contributed by atoms with Crippen molar-refractivity contribution in [1.82, 2.24) is 9.55 Å². The molecule has 0 spiro atoms. The molecule has 1 atom stereocenters. The van der Waals surface area contributed by atoms with Crippen LogP contribution in [0.3, 0.4) is 0 Å². The van der Waals surface area contributed by atoms with Crippen molar-refractivity contribution in [3.8, 4) is 0 Å². The van der Waals surface area contributed by atoms with Crippen LogP contribution in [-0.4, -0.2) is 20.6 Å². The fraction of sp³-hybridized carbons (Fsp3) is 0.176. The minimum absolute atomic E-state index is 0.357. The summed E-state index contributed by atoms with van der Waals surface area (Å²) < 4.78 is 1.91. The van der Waals surface area contributed by atoms with Gasteiger partial charge in [-0.1, -0.05) is 30.3 Å².